The second-order valence-corrected chi connectivity index (χ2v) is 7.64. The van der Waals surface area contributed by atoms with E-state index in [2.05, 4.69) is 20.8 Å². The minimum atomic E-state index is 0.639. The van der Waals surface area contributed by atoms with E-state index in [4.69, 9.17) is 0 Å². The van der Waals surface area contributed by atoms with Gasteiger partial charge in [-0.1, -0.05) is 0 Å². The Labute approximate surface area is 48.5 Å². The summed E-state index contributed by atoms with van der Waals surface area (Å²) in [7, 11) is 0. The van der Waals surface area contributed by atoms with Gasteiger partial charge in [0.05, 0.1) is 0 Å². The van der Waals surface area contributed by atoms with Gasteiger partial charge in [-0.15, -0.1) is 0 Å². The molecule has 0 bridgehead atoms. The van der Waals surface area contributed by atoms with Crippen molar-refractivity contribution in [3.63, 3.8) is 0 Å². The first-order chi connectivity index (χ1) is 2.00. The van der Waals surface area contributed by atoms with Gasteiger partial charge in [0.2, 0.25) is 0 Å². The van der Waals surface area contributed by atoms with Gasteiger partial charge in [0.15, 0.2) is 0 Å². The Morgan fingerprint density at radius 1 is 1.20 bits per heavy atom. The van der Waals surface area contributed by atoms with Crippen molar-refractivity contribution in [2.45, 2.75) is 23.9 Å². The zero-order chi connectivity index (χ0) is 4.50. The van der Waals surface area contributed by atoms with Gasteiger partial charge < -0.3 is 0 Å². The van der Waals surface area contributed by atoms with Crippen LogP contribution in [0.4, 0.5) is 0 Å². The van der Waals surface area contributed by atoms with E-state index in [-0.39, 0.29) is 0 Å². The maximum absolute atomic E-state index is 2.25. The molecule has 1 heteroatoms. The fourth-order valence-corrected chi connectivity index (χ4v) is 0. The summed E-state index contributed by atoms with van der Waals surface area (Å²) in [6.45, 7) is 6.75. The summed E-state index contributed by atoms with van der Waals surface area (Å²) in [5.41, 5.74) is 0. The molecule has 0 aliphatic rings. The molecule has 0 rings (SSSR count). The normalized spacial score (nSPS) is 11.6. The molecule has 0 fully saturated rings. The Bertz CT molecular complexity index is 19.1. The van der Waals surface area contributed by atoms with E-state index in [1.54, 1.807) is 0 Å². The molecule has 0 heterocycles. The molecule has 0 aromatic heterocycles. The third-order valence-corrected chi connectivity index (χ3v) is 0. The molecule has 0 saturated heterocycles. The van der Waals surface area contributed by atoms with Crippen LogP contribution in [0.1, 0.15) is 20.8 Å². The molecular formula is C4H9Hf. The number of hydrogen-bond acceptors (Lipinski definition) is 0. The molecule has 5 heavy (non-hydrogen) atoms. The molecular weight excluding hydrogens is 227 g/mol. The summed E-state index contributed by atoms with van der Waals surface area (Å²) in [5.74, 6) is 0. The molecule has 0 aliphatic heterocycles. The monoisotopic (exact) mass is 237 g/mol. The van der Waals surface area contributed by atoms with E-state index < -0.39 is 0 Å². The first-order valence-corrected chi connectivity index (χ1v) is 3.55. The first-order valence-electron chi connectivity index (χ1n) is 1.75. The molecule has 0 aromatic rings. The summed E-state index contributed by atoms with van der Waals surface area (Å²) >= 11 is 1.31. The third-order valence-electron chi connectivity index (χ3n) is 0. The topological polar surface area (TPSA) is 0 Å². The van der Waals surface area contributed by atoms with Crippen molar-refractivity contribution in [3.05, 3.63) is 0 Å². The van der Waals surface area contributed by atoms with Crippen LogP contribution in [0.3, 0.4) is 0 Å². The Balaban J connectivity index is 3.02. The van der Waals surface area contributed by atoms with Crippen LogP contribution >= 0.6 is 0 Å². The van der Waals surface area contributed by atoms with Crippen molar-refractivity contribution in [2.75, 3.05) is 0 Å². The predicted octanol–water partition coefficient (Wildman–Crippen LogP) is 1.75. The van der Waals surface area contributed by atoms with Gasteiger partial charge in [-0.2, -0.15) is 0 Å². The SMILES string of the molecule is C[C](C)(C)[Hf]. The summed E-state index contributed by atoms with van der Waals surface area (Å²) in [6.07, 6.45) is 0. The quantitative estimate of drug-likeness (QED) is 0.561. The molecule has 0 spiro atoms. The van der Waals surface area contributed by atoms with E-state index in [0.29, 0.717) is 3.17 Å². The Morgan fingerprint density at radius 2 is 1.20 bits per heavy atom. The van der Waals surface area contributed by atoms with E-state index in [0.717, 1.165) is 0 Å². The molecule has 0 amide bonds. The molecule has 0 nitrogen and oxygen atoms in total. The zero-order valence-corrected chi connectivity index (χ0v) is 7.59. The van der Waals surface area contributed by atoms with Gasteiger partial charge in [0, 0.05) is 0 Å². The molecule has 0 atom stereocenters. The van der Waals surface area contributed by atoms with Gasteiger partial charge in [-0.3, -0.25) is 0 Å². The van der Waals surface area contributed by atoms with Crippen LogP contribution in [0.5, 0.6) is 0 Å². The first kappa shape index (κ1) is 5.87. The van der Waals surface area contributed by atoms with Crippen LogP contribution < -0.4 is 0 Å². The summed E-state index contributed by atoms with van der Waals surface area (Å²) in [5, 5.41) is 0. The van der Waals surface area contributed by atoms with Crippen molar-refractivity contribution < 1.29 is 24.4 Å². The van der Waals surface area contributed by atoms with E-state index in [1.165, 1.54) is 24.4 Å². The van der Waals surface area contributed by atoms with Crippen LogP contribution in [0, 0.1) is 0 Å². The predicted molar refractivity (Wildman–Crippen MR) is 19.7 cm³/mol. The Kier molecular flexibility index (Phi) is 1.81. The molecule has 29 valence electrons. The molecule has 0 aliphatic carbocycles. The number of hydrogen-bond donors (Lipinski definition) is 0. The fourth-order valence-electron chi connectivity index (χ4n) is 0. The summed E-state index contributed by atoms with van der Waals surface area (Å²) < 4.78 is 0.639. The second kappa shape index (κ2) is 1.55. The van der Waals surface area contributed by atoms with Gasteiger partial charge in [-0.05, 0) is 0 Å². The van der Waals surface area contributed by atoms with Crippen LogP contribution in [0.15, 0.2) is 0 Å². The fraction of sp³-hybridized carbons (Fsp3) is 1.00. The molecule has 0 radical (unpaired) electrons. The van der Waals surface area contributed by atoms with Gasteiger partial charge in [0.25, 0.3) is 0 Å². The molecule has 0 N–H and O–H groups in total. The van der Waals surface area contributed by atoms with Gasteiger partial charge in [-0.25, -0.2) is 0 Å². The van der Waals surface area contributed by atoms with E-state index >= 15 is 0 Å². The van der Waals surface area contributed by atoms with Crippen molar-refractivity contribution in [3.8, 4) is 0 Å². The van der Waals surface area contributed by atoms with Crippen LogP contribution in [0.25, 0.3) is 0 Å². The minimum absolute atomic E-state index is 0.639. The van der Waals surface area contributed by atoms with Crippen molar-refractivity contribution in [1.29, 1.82) is 0 Å². The second-order valence-electron chi connectivity index (χ2n) is 2.25. The summed E-state index contributed by atoms with van der Waals surface area (Å²) in [6, 6.07) is 0. The van der Waals surface area contributed by atoms with E-state index in [9.17, 15) is 0 Å². The average molecular weight is 236 g/mol. The van der Waals surface area contributed by atoms with Gasteiger partial charge >= 0.3 is 48.3 Å². The van der Waals surface area contributed by atoms with Crippen molar-refractivity contribution in [2.24, 2.45) is 0 Å². The van der Waals surface area contributed by atoms with Crippen LogP contribution in [-0.4, -0.2) is 0 Å². The average Bonchev–Trinajstić information content (AvgIpc) is 0.722. The standard InChI is InChI=1S/C4H9.Hf/c1-4(2)3;/h1-3H3;. The van der Waals surface area contributed by atoms with E-state index in [1.807, 2.05) is 0 Å². The van der Waals surface area contributed by atoms with Crippen LogP contribution in [-0.2, 0) is 24.4 Å². The third kappa shape index (κ3) is 53.0. The Morgan fingerprint density at radius 3 is 1.20 bits per heavy atom. The Hall–Kier alpha value is 0.870. The molecule has 0 aromatic carbocycles. The number of rotatable bonds is 0. The summed E-state index contributed by atoms with van der Waals surface area (Å²) in [4.78, 5) is 0. The van der Waals surface area contributed by atoms with Crippen molar-refractivity contribution in [1.82, 2.24) is 0 Å². The molecule has 0 saturated carbocycles. The van der Waals surface area contributed by atoms with Crippen molar-refractivity contribution >= 4 is 0 Å². The molecule has 0 unspecified atom stereocenters. The zero-order valence-electron chi connectivity index (χ0n) is 4.00. The maximum atomic E-state index is 2.25. The van der Waals surface area contributed by atoms with Gasteiger partial charge in [0.1, 0.15) is 0 Å². The van der Waals surface area contributed by atoms with Crippen LogP contribution in [0.2, 0.25) is 3.17 Å².